The van der Waals surface area contributed by atoms with Crippen LogP contribution in [0.25, 0.3) is 0 Å². The third-order valence-electron chi connectivity index (χ3n) is 3.38. The van der Waals surface area contributed by atoms with Gasteiger partial charge in [-0.1, -0.05) is 28.1 Å². The number of ether oxygens (including phenoxy) is 2. The number of rotatable bonds is 3. The van der Waals surface area contributed by atoms with Gasteiger partial charge in [-0.15, -0.1) is 11.8 Å². The van der Waals surface area contributed by atoms with Gasteiger partial charge < -0.3 is 15.2 Å². The Morgan fingerprint density at radius 1 is 1.19 bits per heavy atom. The molecule has 2 N–H and O–H groups in total. The molecule has 0 saturated carbocycles. The second-order valence-electron chi connectivity index (χ2n) is 4.86. The number of benzene rings is 2. The first kappa shape index (κ1) is 14.6. The molecule has 1 heterocycles. The number of hydrogen-bond donors (Lipinski definition) is 1. The van der Waals surface area contributed by atoms with Crippen molar-refractivity contribution in [3.63, 3.8) is 0 Å². The summed E-state index contributed by atoms with van der Waals surface area (Å²) in [7, 11) is 0. The molecule has 0 amide bonds. The van der Waals surface area contributed by atoms with E-state index in [-0.39, 0.29) is 0 Å². The SMILES string of the molecule is Cc1cccc(SCc2cc3c(cc2Br)OCCO3)c1N. The molecule has 3 rings (SSSR count). The van der Waals surface area contributed by atoms with Crippen molar-refractivity contribution in [3.8, 4) is 11.5 Å². The van der Waals surface area contributed by atoms with Gasteiger partial charge in [-0.05, 0) is 36.2 Å². The average Bonchev–Trinajstić information content (AvgIpc) is 2.49. The predicted molar refractivity (Wildman–Crippen MR) is 90.3 cm³/mol. The molecule has 0 radical (unpaired) electrons. The quantitative estimate of drug-likeness (QED) is 0.646. The smallest absolute Gasteiger partial charge is 0.162 e. The van der Waals surface area contributed by atoms with E-state index in [1.165, 1.54) is 5.56 Å². The van der Waals surface area contributed by atoms with Crippen LogP contribution in [0.5, 0.6) is 11.5 Å². The van der Waals surface area contributed by atoms with E-state index < -0.39 is 0 Å². The minimum absolute atomic E-state index is 0.603. The number of nitrogens with two attached hydrogens (primary N) is 1. The number of fused-ring (bicyclic) bond motifs is 1. The van der Waals surface area contributed by atoms with Crippen molar-refractivity contribution in [2.45, 2.75) is 17.6 Å². The van der Waals surface area contributed by atoms with Gasteiger partial charge in [-0.2, -0.15) is 0 Å². The van der Waals surface area contributed by atoms with Crippen LogP contribution in [-0.4, -0.2) is 13.2 Å². The highest BCUT2D eigenvalue weighted by atomic mass is 79.9. The zero-order valence-corrected chi connectivity index (χ0v) is 14.1. The zero-order chi connectivity index (χ0) is 14.8. The summed E-state index contributed by atoms with van der Waals surface area (Å²) in [5.41, 5.74) is 9.26. The minimum atomic E-state index is 0.603. The van der Waals surface area contributed by atoms with Crippen LogP contribution in [0.1, 0.15) is 11.1 Å². The molecule has 0 unspecified atom stereocenters. The summed E-state index contributed by atoms with van der Waals surface area (Å²) < 4.78 is 12.2. The van der Waals surface area contributed by atoms with E-state index in [1.54, 1.807) is 11.8 Å². The number of thioether (sulfide) groups is 1. The van der Waals surface area contributed by atoms with Gasteiger partial charge in [0.05, 0.1) is 0 Å². The molecule has 0 bridgehead atoms. The van der Waals surface area contributed by atoms with Gasteiger partial charge in [-0.3, -0.25) is 0 Å². The molecule has 0 saturated heterocycles. The molecule has 0 fully saturated rings. The van der Waals surface area contributed by atoms with Crippen LogP contribution in [0.15, 0.2) is 39.7 Å². The fraction of sp³-hybridized carbons (Fsp3) is 0.250. The van der Waals surface area contributed by atoms with Crippen LogP contribution in [-0.2, 0) is 5.75 Å². The monoisotopic (exact) mass is 365 g/mol. The molecule has 2 aromatic carbocycles. The second-order valence-corrected chi connectivity index (χ2v) is 6.73. The molecule has 1 aliphatic heterocycles. The van der Waals surface area contributed by atoms with Gasteiger partial charge >= 0.3 is 0 Å². The predicted octanol–water partition coefficient (Wildman–Crippen LogP) is 4.40. The third kappa shape index (κ3) is 3.14. The van der Waals surface area contributed by atoms with Crippen molar-refractivity contribution in [2.24, 2.45) is 0 Å². The first-order chi connectivity index (χ1) is 10.1. The summed E-state index contributed by atoms with van der Waals surface area (Å²) in [5, 5.41) is 0. The molecule has 21 heavy (non-hydrogen) atoms. The van der Waals surface area contributed by atoms with E-state index in [0.29, 0.717) is 13.2 Å². The highest BCUT2D eigenvalue weighted by Crippen LogP contribution is 2.38. The summed E-state index contributed by atoms with van der Waals surface area (Å²) in [6, 6.07) is 10.1. The van der Waals surface area contributed by atoms with Gasteiger partial charge in [0.25, 0.3) is 0 Å². The van der Waals surface area contributed by atoms with Gasteiger partial charge in [-0.25, -0.2) is 0 Å². The number of aryl methyl sites for hydroxylation is 1. The zero-order valence-electron chi connectivity index (χ0n) is 11.7. The maximum atomic E-state index is 6.12. The Kier molecular flexibility index (Phi) is 4.31. The number of para-hydroxylation sites is 1. The van der Waals surface area contributed by atoms with Gasteiger partial charge in [0.2, 0.25) is 0 Å². The van der Waals surface area contributed by atoms with Gasteiger partial charge in [0, 0.05) is 20.8 Å². The van der Waals surface area contributed by atoms with Gasteiger partial charge in [0.15, 0.2) is 11.5 Å². The molecular weight excluding hydrogens is 350 g/mol. The Balaban J connectivity index is 1.80. The van der Waals surface area contributed by atoms with E-state index in [9.17, 15) is 0 Å². The lowest BCUT2D eigenvalue weighted by molar-refractivity contribution is 0.171. The molecule has 3 nitrogen and oxygen atoms in total. The van der Waals surface area contributed by atoms with E-state index in [2.05, 4.69) is 22.0 Å². The minimum Gasteiger partial charge on any atom is -0.486 e. The van der Waals surface area contributed by atoms with Crippen LogP contribution >= 0.6 is 27.7 Å². The lowest BCUT2D eigenvalue weighted by atomic mass is 10.2. The van der Waals surface area contributed by atoms with Crippen LogP contribution in [0.4, 0.5) is 5.69 Å². The normalized spacial score (nSPS) is 13.2. The Bertz CT molecular complexity index is 676. The molecule has 0 aromatic heterocycles. The third-order valence-corrected chi connectivity index (χ3v) is 5.24. The van der Waals surface area contributed by atoms with Crippen LogP contribution in [0, 0.1) is 6.92 Å². The van der Waals surface area contributed by atoms with E-state index in [4.69, 9.17) is 15.2 Å². The fourth-order valence-corrected chi connectivity index (χ4v) is 3.84. The standard InChI is InChI=1S/C16H16BrNO2S/c1-10-3-2-4-15(16(10)18)21-9-11-7-13-14(8-12(11)17)20-6-5-19-13/h2-4,7-8H,5-6,9,18H2,1H3. The van der Waals surface area contributed by atoms with Crippen molar-refractivity contribution in [3.05, 3.63) is 45.9 Å². The highest BCUT2D eigenvalue weighted by Gasteiger charge is 2.15. The van der Waals surface area contributed by atoms with Crippen LogP contribution < -0.4 is 15.2 Å². The summed E-state index contributed by atoms with van der Waals surface area (Å²) in [6.45, 7) is 3.23. The number of nitrogen functional groups attached to an aromatic ring is 1. The molecular formula is C16H16BrNO2S. The van der Waals surface area contributed by atoms with Crippen LogP contribution in [0.2, 0.25) is 0 Å². The summed E-state index contributed by atoms with van der Waals surface area (Å²) in [5.74, 6) is 2.44. The molecule has 2 aromatic rings. The summed E-state index contributed by atoms with van der Waals surface area (Å²) >= 11 is 5.33. The van der Waals surface area contributed by atoms with Crippen molar-refractivity contribution in [1.82, 2.24) is 0 Å². The summed E-state index contributed by atoms with van der Waals surface area (Å²) in [6.07, 6.45) is 0. The Morgan fingerprint density at radius 2 is 1.90 bits per heavy atom. The lowest BCUT2D eigenvalue weighted by Gasteiger charge is -2.20. The molecule has 0 atom stereocenters. The lowest BCUT2D eigenvalue weighted by Crippen LogP contribution is -2.15. The van der Waals surface area contributed by atoms with E-state index in [0.717, 1.165) is 37.9 Å². The Morgan fingerprint density at radius 3 is 2.67 bits per heavy atom. The van der Waals surface area contributed by atoms with Crippen LogP contribution in [0.3, 0.4) is 0 Å². The van der Waals surface area contributed by atoms with Crippen molar-refractivity contribution in [2.75, 3.05) is 18.9 Å². The fourth-order valence-electron chi connectivity index (χ4n) is 2.15. The Labute approximate surface area is 137 Å². The highest BCUT2D eigenvalue weighted by molar-refractivity contribution is 9.10. The number of anilines is 1. The van der Waals surface area contributed by atoms with Crippen molar-refractivity contribution >= 4 is 33.4 Å². The average molecular weight is 366 g/mol. The topological polar surface area (TPSA) is 44.5 Å². The van der Waals surface area contributed by atoms with Crippen molar-refractivity contribution in [1.29, 1.82) is 0 Å². The number of halogens is 1. The first-order valence-electron chi connectivity index (χ1n) is 6.71. The maximum Gasteiger partial charge on any atom is 0.162 e. The molecule has 0 spiro atoms. The first-order valence-corrected chi connectivity index (χ1v) is 8.49. The molecule has 1 aliphatic rings. The largest absolute Gasteiger partial charge is 0.486 e. The second kappa shape index (κ2) is 6.20. The summed E-state index contributed by atoms with van der Waals surface area (Å²) in [4.78, 5) is 1.11. The number of hydrogen-bond acceptors (Lipinski definition) is 4. The Hall–Kier alpha value is -1.33. The van der Waals surface area contributed by atoms with E-state index >= 15 is 0 Å². The van der Waals surface area contributed by atoms with Crippen molar-refractivity contribution < 1.29 is 9.47 Å². The maximum absolute atomic E-state index is 6.12. The molecule has 110 valence electrons. The van der Waals surface area contributed by atoms with Gasteiger partial charge in [0.1, 0.15) is 13.2 Å². The van der Waals surface area contributed by atoms with E-state index in [1.807, 2.05) is 31.2 Å². The molecule has 0 aliphatic carbocycles. The molecule has 5 heteroatoms.